The quantitative estimate of drug-likeness (QED) is 0.522. The number of nitrogens with two attached hydrogens (primary N) is 1. The monoisotopic (exact) mass is 408 g/mol. The fourth-order valence-corrected chi connectivity index (χ4v) is 3.65. The Labute approximate surface area is 161 Å². The van der Waals surface area contributed by atoms with Crippen molar-refractivity contribution in [1.29, 1.82) is 0 Å². The first kappa shape index (κ1) is 19.2. The first-order valence-electron chi connectivity index (χ1n) is 7.70. The summed E-state index contributed by atoms with van der Waals surface area (Å²) in [5, 5.41) is 3.14. The summed E-state index contributed by atoms with van der Waals surface area (Å²) in [4.78, 5) is 30.8. The molecule has 4 N–H and O–H groups in total. The average molecular weight is 408 g/mol. The number of anilines is 1. The summed E-state index contributed by atoms with van der Waals surface area (Å²) < 4.78 is 26.5. The summed E-state index contributed by atoms with van der Waals surface area (Å²) in [6, 6.07) is 9.07. The van der Waals surface area contributed by atoms with Crippen LogP contribution in [0.5, 0.6) is 0 Å². The second-order valence-electron chi connectivity index (χ2n) is 5.41. The molecule has 0 unspecified atom stereocenters. The van der Waals surface area contributed by atoms with Crippen molar-refractivity contribution < 1.29 is 18.4 Å². The van der Waals surface area contributed by atoms with E-state index in [9.17, 15) is 18.4 Å². The Bertz CT molecular complexity index is 971. The molecule has 0 saturated heterocycles. The maximum absolute atomic E-state index is 13.2. The molecule has 3 aromatic rings. The van der Waals surface area contributed by atoms with Crippen molar-refractivity contribution in [3.63, 3.8) is 0 Å². The van der Waals surface area contributed by atoms with Crippen molar-refractivity contribution in [2.24, 2.45) is 5.73 Å². The third-order valence-corrected chi connectivity index (χ3v) is 5.34. The van der Waals surface area contributed by atoms with E-state index < -0.39 is 17.5 Å². The molecule has 0 spiro atoms. The topological polar surface area (TPSA) is 101 Å². The number of para-hydroxylation sites is 1. The van der Waals surface area contributed by atoms with Crippen molar-refractivity contribution in [3.05, 3.63) is 48.0 Å². The molecule has 27 heavy (non-hydrogen) atoms. The number of halogens is 2. The number of carbonyl (C=O) groups excluding carboxylic acids is 2. The highest BCUT2D eigenvalue weighted by Crippen LogP contribution is 2.27. The van der Waals surface area contributed by atoms with E-state index in [0.29, 0.717) is 16.4 Å². The normalized spacial score (nSPS) is 10.9. The lowest BCUT2D eigenvalue weighted by Gasteiger charge is -2.09. The number of carbonyl (C=O) groups is 2. The maximum atomic E-state index is 13.2. The van der Waals surface area contributed by atoms with Crippen LogP contribution in [0.1, 0.15) is 0 Å². The van der Waals surface area contributed by atoms with Crippen molar-refractivity contribution in [2.45, 2.75) is 10.1 Å². The third kappa shape index (κ3) is 4.98. The minimum absolute atomic E-state index is 0.0413. The van der Waals surface area contributed by atoms with Gasteiger partial charge in [0.2, 0.25) is 11.8 Å². The largest absolute Gasteiger partial charge is 0.369 e. The zero-order valence-corrected chi connectivity index (χ0v) is 15.4. The Morgan fingerprint density at radius 1 is 1.11 bits per heavy atom. The van der Waals surface area contributed by atoms with E-state index in [-0.39, 0.29) is 22.9 Å². The van der Waals surface area contributed by atoms with Gasteiger partial charge in [-0.2, -0.15) is 0 Å². The van der Waals surface area contributed by atoms with Gasteiger partial charge in [-0.05, 0) is 12.1 Å². The molecular weight excluding hydrogens is 394 g/mol. The van der Waals surface area contributed by atoms with Crippen molar-refractivity contribution in [3.8, 4) is 0 Å². The van der Waals surface area contributed by atoms with Gasteiger partial charge in [0.05, 0.1) is 28.2 Å². The summed E-state index contributed by atoms with van der Waals surface area (Å²) in [5.41, 5.74) is 6.35. The first-order chi connectivity index (χ1) is 12.9. The minimum Gasteiger partial charge on any atom is -0.369 e. The Morgan fingerprint density at radius 2 is 1.85 bits per heavy atom. The molecule has 0 radical (unpaired) electrons. The summed E-state index contributed by atoms with van der Waals surface area (Å²) in [7, 11) is 0. The number of amides is 2. The lowest BCUT2D eigenvalue weighted by atomic mass is 10.3. The summed E-state index contributed by atoms with van der Waals surface area (Å²) in [6.07, 6.45) is 0. The van der Waals surface area contributed by atoms with E-state index in [4.69, 9.17) is 5.73 Å². The van der Waals surface area contributed by atoms with E-state index >= 15 is 0 Å². The summed E-state index contributed by atoms with van der Waals surface area (Å²) in [6.45, 7) is 0. The molecule has 1 heterocycles. The van der Waals surface area contributed by atoms with Crippen LogP contribution in [0, 0.1) is 11.6 Å². The van der Waals surface area contributed by atoms with Gasteiger partial charge >= 0.3 is 0 Å². The fourth-order valence-electron chi connectivity index (χ4n) is 2.21. The van der Waals surface area contributed by atoms with Crippen molar-refractivity contribution in [2.75, 3.05) is 16.8 Å². The molecule has 0 aliphatic rings. The highest BCUT2D eigenvalue weighted by atomic mass is 32.2. The van der Waals surface area contributed by atoms with E-state index in [1.165, 1.54) is 11.8 Å². The zero-order chi connectivity index (χ0) is 19.4. The standard InChI is InChI=1S/C17H14F2N4O2S2/c18-9-5-12-13(6-10(9)19)23-17(22-12)27-8-16(25)21-11-3-1-2-4-14(11)26-7-15(20)24/h1-6H,7-8H2,(H2,20,24)(H,21,25)(H,22,23). The van der Waals surface area contributed by atoms with Crippen molar-refractivity contribution >= 4 is 52.1 Å². The van der Waals surface area contributed by atoms with Gasteiger partial charge in [0.1, 0.15) is 0 Å². The summed E-state index contributed by atoms with van der Waals surface area (Å²) in [5.74, 6) is -2.54. The van der Waals surface area contributed by atoms with Crippen LogP contribution in [0.2, 0.25) is 0 Å². The van der Waals surface area contributed by atoms with Gasteiger partial charge in [-0.3, -0.25) is 9.59 Å². The number of nitrogens with one attached hydrogen (secondary N) is 2. The molecule has 140 valence electrons. The number of aromatic nitrogens is 2. The van der Waals surface area contributed by atoms with Gasteiger partial charge in [-0.1, -0.05) is 23.9 Å². The number of hydrogen-bond acceptors (Lipinski definition) is 5. The Balaban J connectivity index is 1.62. The first-order valence-corrected chi connectivity index (χ1v) is 9.67. The van der Waals surface area contributed by atoms with Crippen LogP contribution in [0.4, 0.5) is 14.5 Å². The van der Waals surface area contributed by atoms with E-state index in [1.807, 2.05) is 0 Å². The number of benzene rings is 2. The van der Waals surface area contributed by atoms with Gasteiger partial charge in [0.25, 0.3) is 0 Å². The zero-order valence-electron chi connectivity index (χ0n) is 13.8. The molecule has 2 aromatic carbocycles. The molecule has 0 saturated carbocycles. The van der Waals surface area contributed by atoms with Gasteiger partial charge < -0.3 is 16.0 Å². The third-order valence-electron chi connectivity index (χ3n) is 3.37. The molecule has 0 atom stereocenters. The fraction of sp³-hybridized carbons (Fsp3) is 0.118. The highest BCUT2D eigenvalue weighted by Gasteiger charge is 2.12. The number of thioether (sulfide) groups is 2. The van der Waals surface area contributed by atoms with Crippen LogP contribution in [0.15, 0.2) is 46.5 Å². The number of rotatable bonds is 7. The SMILES string of the molecule is NC(=O)CSc1ccccc1NC(=O)CSc1nc2cc(F)c(F)cc2[nH]1. The molecule has 0 fully saturated rings. The Hall–Kier alpha value is -2.59. The minimum atomic E-state index is -0.978. The molecule has 6 nitrogen and oxygen atoms in total. The average Bonchev–Trinajstić information content (AvgIpc) is 3.01. The van der Waals surface area contributed by atoms with Crippen LogP contribution in [-0.2, 0) is 9.59 Å². The van der Waals surface area contributed by atoms with Gasteiger partial charge in [-0.15, -0.1) is 11.8 Å². The smallest absolute Gasteiger partial charge is 0.234 e. The van der Waals surface area contributed by atoms with Crippen LogP contribution in [0.3, 0.4) is 0 Å². The second-order valence-corrected chi connectivity index (χ2v) is 7.39. The number of H-pyrrole nitrogens is 1. The van der Waals surface area contributed by atoms with Crippen LogP contribution < -0.4 is 11.1 Å². The predicted octanol–water partition coefficient (Wildman–Crippen LogP) is 3.15. The number of fused-ring (bicyclic) bond motifs is 1. The van der Waals surface area contributed by atoms with Crippen LogP contribution >= 0.6 is 23.5 Å². The maximum Gasteiger partial charge on any atom is 0.234 e. The number of aromatic amines is 1. The van der Waals surface area contributed by atoms with Gasteiger partial charge in [0.15, 0.2) is 16.8 Å². The molecule has 0 bridgehead atoms. The molecule has 0 aliphatic carbocycles. The van der Waals surface area contributed by atoms with Crippen molar-refractivity contribution in [1.82, 2.24) is 9.97 Å². The molecule has 1 aromatic heterocycles. The molecule has 10 heteroatoms. The number of hydrogen-bond donors (Lipinski definition) is 3. The van der Waals surface area contributed by atoms with Crippen LogP contribution in [0.25, 0.3) is 11.0 Å². The Kier molecular flexibility index (Phi) is 5.97. The predicted molar refractivity (Wildman–Crippen MR) is 102 cm³/mol. The number of nitrogens with zero attached hydrogens (tertiary/aromatic N) is 1. The molecule has 2 amide bonds. The lowest BCUT2D eigenvalue weighted by Crippen LogP contribution is -2.16. The van der Waals surface area contributed by atoms with Crippen LogP contribution in [-0.4, -0.2) is 33.3 Å². The van der Waals surface area contributed by atoms with E-state index in [0.717, 1.165) is 28.8 Å². The lowest BCUT2D eigenvalue weighted by molar-refractivity contribution is -0.115. The summed E-state index contributed by atoms with van der Waals surface area (Å²) >= 11 is 2.34. The molecule has 3 rings (SSSR count). The van der Waals surface area contributed by atoms with E-state index in [2.05, 4.69) is 15.3 Å². The Morgan fingerprint density at radius 3 is 2.63 bits per heavy atom. The van der Waals surface area contributed by atoms with Gasteiger partial charge in [0, 0.05) is 17.0 Å². The molecular formula is C17H14F2N4O2S2. The van der Waals surface area contributed by atoms with Gasteiger partial charge in [-0.25, -0.2) is 13.8 Å². The second kappa shape index (κ2) is 8.40. The number of imidazole rings is 1. The number of primary amides is 1. The molecule has 0 aliphatic heterocycles. The van der Waals surface area contributed by atoms with E-state index in [1.54, 1.807) is 24.3 Å². The highest BCUT2D eigenvalue weighted by molar-refractivity contribution is 8.00.